The highest BCUT2D eigenvalue weighted by molar-refractivity contribution is 6.39. The molecule has 0 saturated carbocycles. The molecule has 1 aliphatic rings. The lowest BCUT2D eigenvalue weighted by molar-refractivity contribution is -0.136. The summed E-state index contributed by atoms with van der Waals surface area (Å²) in [5, 5.41) is 7.95. The number of nitrogens with one attached hydrogen (secondary N) is 3. The zero-order chi connectivity index (χ0) is 22.5. The highest BCUT2D eigenvalue weighted by Crippen LogP contribution is 2.30. The predicted molar refractivity (Wildman–Crippen MR) is 122 cm³/mol. The number of anilines is 3. The maximum atomic E-state index is 12.3. The van der Waals surface area contributed by atoms with Gasteiger partial charge in [0.2, 0.25) is 5.91 Å². The van der Waals surface area contributed by atoms with Gasteiger partial charge in [0, 0.05) is 44.1 Å². The number of carbonyl (C=O) groups is 3. The van der Waals surface area contributed by atoms with Crippen molar-refractivity contribution in [3.05, 3.63) is 53.6 Å². The van der Waals surface area contributed by atoms with Gasteiger partial charge in [0.25, 0.3) is 0 Å². The highest BCUT2D eigenvalue weighted by atomic mass is 16.2. The normalized spacial score (nSPS) is 13.5. The van der Waals surface area contributed by atoms with Crippen molar-refractivity contribution in [3.8, 4) is 0 Å². The smallest absolute Gasteiger partial charge is 0.313 e. The molecular formula is C23H29N5O3. The van der Waals surface area contributed by atoms with Crippen LogP contribution in [-0.2, 0) is 20.8 Å². The van der Waals surface area contributed by atoms with E-state index in [-0.39, 0.29) is 11.9 Å². The van der Waals surface area contributed by atoms with Crippen LogP contribution in [0.1, 0.15) is 24.1 Å². The summed E-state index contributed by atoms with van der Waals surface area (Å²) in [6.45, 7) is 2.74. The zero-order valence-electron chi connectivity index (χ0n) is 18.4. The lowest BCUT2D eigenvalue weighted by Crippen LogP contribution is -2.40. The maximum Gasteiger partial charge on any atom is 0.313 e. The maximum absolute atomic E-state index is 12.3. The van der Waals surface area contributed by atoms with E-state index in [1.165, 1.54) is 18.2 Å². The molecule has 164 valence electrons. The SMILES string of the molecule is CC(=O)Nc1ccc(NC(=O)C(=O)NC[C@@H](c2ccc3c(c2)CCN3C)N(C)C)cc1. The number of amides is 3. The van der Waals surface area contributed by atoms with E-state index in [2.05, 4.69) is 46.1 Å². The topological polar surface area (TPSA) is 93.8 Å². The molecule has 1 atom stereocenters. The van der Waals surface area contributed by atoms with E-state index in [4.69, 9.17) is 0 Å². The minimum absolute atomic E-state index is 0.0510. The number of benzene rings is 2. The van der Waals surface area contributed by atoms with Gasteiger partial charge in [0.05, 0.1) is 6.04 Å². The largest absolute Gasteiger partial charge is 0.374 e. The predicted octanol–water partition coefficient (Wildman–Crippen LogP) is 1.99. The molecule has 8 heteroatoms. The summed E-state index contributed by atoms with van der Waals surface area (Å²) < 4.78 is 0. The van der Waals surface area contributed by atoms with Crippen LogP contribution in [0.4, 0.5) is 17.1 Å². The Balaban J connectivity index is 1.58. The van der Waals surface area contributed by atoms with Gasteiger partial charge in [-0.05, 0) is 62.0 Å². The molecule has 31 heavy (non-hydrogen) atoms. The van der Waals surface area contributed by atoms with E-state index < -0.39 is 11.8 Å². The van der Waals surface area contributed by atoms with E-state index in [1.807, 2.05) is 19.0 Å². The van der Waals surface area contributed by atoms with Crippen molar-refractivity contribution in [2.45, 2.75) is 19.4 Å². The van der Waals surface area contributed by atoms with Crippen LogP contribution >= 0.6 is 0 Å². The summed E-state index contributed by atoms with van der Waals surface area (Å²) in [5.74, 6) is -1.61. The quantitative estimate of drug-likeness (QED) is 0.618. The number of fused-ring (bicyclic) bond motifs is 1. The lowest BCUT2D eigenvalue weighted by atomic mass is 10.0. The van der Waals surface area contributed by atoms with Crippen molar-refractivity contribution >= 4 is 34.8 Å². The lowest BCUT2D eigenvalue weighted by Gasteiger charge is -2.26. The third-order valence-electron chi connectivity index (χ3n) is 5.36. The number of likely N-dealkylation sites (N-methyl/N-ethyl adjacent to an activating group) is 2. The van der Waals surface area contributed by atoms with E-state index in [0.717, 1.165) is 18.5 Å². The molecule has 3 amide bonds. The molecule has 0 bridgehead atoms. The number of hydrogen-bond acceptors (Lipinski definition) is 5. The molecule has 0 saturated heterocycles. The molecule has 1 heterocycles. The van der Waals surface area contributed by atoms with Crippen LogP contribution in [0.25, 0.3) is 0 Å². The molecule has 2 aromatic carbocycles. The second-order valence-electron chi connectivity index (χ2n) is 7.96. The molecule has 0 aromatic heterocycles. The summed E-state index contributed by atoms with van der Waals surface area (Å²) in [7, 11) is 5.99. The van der Waals surface area contributed by atoms with Crippen LogP contribution < -0.4 is 20.9 Å². The zero-order valence-corrected chi connectivity index (χ0v) is 18.4. The molecule has 0 aliphatic carbocycles. The van der Waals surface area contributed by atoms with Crippen LogP contribution in [0.15, 0.2) is 42.5 Å². The standard InChI is InChI=1S/C23H29N5O3/c1-15(29)25-18-6-8-19(9-7-18)26-23(31)22(30)24-14-21(27(2)3)16-5-10-20-17(13-16)11-12-28(20)4/h5-10,13,21H,11-12,14H2,1-4H3,(H,24,30)(H,25,29)(H,26,31)/t21-/m0/s1. The number of nitrogens with zero attached hydrogens (tertiary/aromatic N) is 2. The van der Waals surface area contributed by atoms with Crippen LogP contribution in [0.2, 0.25) is 0 Å². The Morgan fingerprint density at radius 2 is 1.65 bits per heavy atom. The first-order valence-electron chi connectivity index (χ1n) is 10.2. The second kappa shape index (κ2) is 9.61. The Morgan fingerprint density at radius 3 is 2.26 bits per heavy atom. The Hall–Kier alpha value is -3.39. The monoisotopic (exact) mass is 423 g/mol. The molecule has 0 unspecified atom stereocenters. The van der Waals surface area contributed by atoms with Crippen LogP contribution in [-0.4, -0.2) is 56.9 Å². The number of carbonyl (C=O) groups excluding carboxylic acids is 3. The summed E-state index contributed by atoms with van der Waals surface area (Å²) in [5.41, 5.74) is 4.74. The highest BCUT2D eigenvalue weighted by Gasteiger charge is 2.22. The van der Waals surface area contributed by atoms with Gasteiger partial charge >= 0.3 is 11.8 Å². The van der Waals surface area contributed by atoms with Crippen molar-refractivity contribution < 1.29 is 14.4 Å². The molecule has 0 spiro atoms. The minimum Gasteiger partial charge on any atom is -0.374 e. The number of rotatable bonds is 6. The average Bonchev–Trinajstić information content (AvgIpc) is 3.09. The van der Waals surface area contributed by atoms with Gasteiger partial charge in [0.15, 0.2) is 0 Å². The van der Waals surface area contributed by atoms with Gasteiger partial charge in [-0.2, -0.15) is 0 Å². The fourth-order valence-corrected chi connectivity index (χ4v) is 3.69. The first kappa shape index (κ1) is 22.3. The van der Waals surface area contributed by atoms with Crippen molar-refractivity contribution in [2.24, 2.45) is 0 Å². The molecular weight excluding hydrogens is 394 g/mol. The first-order valence-corrected chi connectivity index (χ1v) is 10.2. The van der Waals surface area contributed by atoms with Crippen LogP contribution in [0.3, 0.4) is 0 Å². The van der Waals surface area contributed by atoms with Gasteiger partial charge in [-0.15, -0.1) is 0 Å². The van der Waals surface area contributed by atoms with Crippen LogP contribution in [0, 0.1) is 0 Å². The van der Waals surface area contributed by atoms with E-state index >= 15 is 0 Å². The molecule has 3 rings (SSSR count). The summed E-state index contributed by atoms with van der Waals surface area (Å²) >= 11 is 0. The molecule has 3 N–H and O–H groups in total. The third-order valence-corrected chi connectivity index (χ3v) is 5.36. The van der Waals surface area contributed by atoms with E-state index in [1.54, 1.807) is 24.3 Å². The van der Waals surface area contributed by atoms with Gasteiger partial charge in [0.1, 0.15) is 0 Å². The molecule has 2 aromatic rings. The van der Waals surface area contributed by atoms with E-state index in [0.29, 0.717) is 17.9 Å². The first-order chi connectivity index (χ1) is 14.7. The van der Waals surface area contributed by atoms with Crippen molar-refractivity contribution in [1.29, 1.82) is 0 Å². The molecule has 0 radical (unpaired) electrons. The van der Waals surface area contributed by atoms with Gasteiger partial charge in [-0.1, -0.05) is 12.1 Å². The minimum atomic E-state index is -0.736. The fourth-order valence-electron chi connectivity index (χ4n) is 3.69. The fraction of sp³-hybridized carbons (Fsp3) is 0.348. The Morgan fingerprint density at radius 1 is 1.00 bits per heavy atom. The Bertz CT molecular complexity index is 972. The van der Waals surface area contributed by atoms with Crippen molar-refractivity contribution in [2.75, 3.05) is 49.8 Å². The third kappa shape index (κ3) is 5.61. The van der Waals surface area contributed by atoms with Gasteiger partial charge < -0.3 is 25.8 Å². The van der Waals surface area contributed by atoms with E-state index in [9.17, 15) is 14.4 Å². The van der Waals surface area contributed by atoms with Crippen molar-refractivity contribution in [1.82, 2.24) is 10.2 Å². The molecule has 1 aliphatic heterocycles. The molecule has 8 nitrogen and oxygen atoms in total. The summed E-state index contributed by atoms with van der Waals surface area (Å²) in [4.78, 5) is 39.9. The van der Waals surface area contributed by atoms with Crippen molar-refractivity contribution in [3.63, 3.8) is 0 Å². The van der Waals surface area contributed by atoms with Gasteiger partial charge in [-0.3, -0.25) is 14.4 Å². The van der Waals surface area contributed by atoms with Crippen LogP contribution in [0.5, 0.6) is 0 Å². The molecule has 0 fully saturated rings. The Kier molecular flexibility index (Phi) is 6.91. The average molecular weight is 424 g/mol. The number of hydrogen-bond donors (Lipinski definition) is 3. The second-order valence-corrected chi connectivity index (χ2v) is 7.96. The summed E-state index contributed by atoms with van der Waals surface area (Å²) in [6.07, 6.45) is 1.01. The Labute approximate surface area is 182 Å². The summed E-state index contributed by atoms with van der Waals surface area (Å²) in [6, 6.07) is 12.9. The van der Waals surface area contributed by atoms with Gasteiger partial charge in [-0.25, -0.2) is 0 Å².